The third-order valence-electron chi connectivity index (χ3n) is 2.55. The Bertz CT molecular complexity index is 411. The molecule has 0 saturated carbocycles. The maximum atomic E-state index is 11.6. The van der Waals surface area contributed by atoms with E-state index >= 15 is 0 Å². The van der Waals surface area contributed by atoms with Gasteiger partial charge in [-0.15, -0.1) is 11.8 Å². The van der Waals surface area contributed by atoms with Crippen LogP contribution in [-0.4, -0.2) is 33.8 Å². The Balaban J connectivity index is 2.36. The molecular weight excluding hydrogens is 252 g/mol. The highest BCUT2D eigenvalue weighted by Crippen LogP contribution is 2.15. The second-order valence-electron chi connectivity index (χ2n) is 3.95. The van der Waals surface area contributed by atoms with E-state index < -0.39 is 11.9 Å². The molecule has 1 aromatic rings. The van der Waals surface area contributed by atoms with Gasteiger partial charge in [-0.05, 0) is 26.0 Å². The molecule has 2 unspecified atom stereocenters. The van der Waals surface area contributed by atoms with Crippen molar-refractivity contribution in [3.63, 3.8) is 0 Å². The highest BCUT2D eigenvalue weighted by Gasteiger charge is 2.20. The standard InChI is InChI=1S/C12H16N2O3S/c1-8(12(16)17)9(2)14-11(15)7-18-10-3-5-13-6-4-10/h3-6,8-9H,7H2,1-2H3,(H,14,15)(H,16,17). The molecule has 0 saturated heterocycles. The summed E-state index contributed by atoms with van der Waals surface area (Å²) in [4.78, 5) is 27.2. The van der Waals surface area contributed by atoms with Gasteiger partial charge in [0, 0.05) is 23.3 Å². The Kier molecular flexibility index (Phi) is 5.64. The van der Waals surface area contributed by atoms with Crippen LogP contribution in [0.2, 0.25) is 0 Å². The Morgan fingerprint density at radius 1 is 1.39 bits per heavy atom. The Morgan fingerprint density at radius 2 is 2.00 bits per heavy atom. The van der Waals surface area contributed by atoms with Gasteiger partial charge in [-0.25, -0.2) is 0 Å². The number of aliphatic carboxylic acids is 1. The summed E-state index contributed by atoms with van der Waals surface area (Å²) < 4.78 is 0. The quantitative estimate of drug-likeness (QED) is 0.762. The fourth-order valence-corrected chi connectivity index (χ4v) is 1.91. The van der Waals surface area contributed by atoms with E-state index in [1.54, 1.807) is 26.2 Å². The normalized spacial score (nSPS) is 13.7. The maximum absolute atomic E-state index is 11.6. The summed E-state index contributed by atoms with van der Waals surface area (Å²) in [6.07, 6.45) is 3.32. The zero-order valence-electron chi connectivity index (χ0n) is 10.3. The zero-order valence-corrected chi connectivity index (χ0v) is 11.1. The van der Waals surface area contributed by atoms with Crippen molar-refractivity contribution in [2.24, 2.45) is 5.92 Å². The molecule has 0 spiro atoms. The number of hydrogen-bond acceptors (Lipinski definition) is 4. The second kappa shape index (κ2) is 7.00. The average molecular weight is 268 g/mol. The minimum atomic E-state index is -0.912. The van der Waals surface area contributed by atoms with Gasteiger partial charge in [0.1, 0.15) is 0 Å². The Labute approximate surface area is 110 Å². The number of pyridine rings is 1. The third-order valence-corrected chi connectivity index (χ3v) is 3.56. The molecule has 0 aliphatic carbocycles. The molecule has 0 aromatic carbocycles. The minimum absolute atomic E-state index is 0.169. The van der Waals surface area contributed by atoms with Crippen LogP contribution in [0.25, 0.3) is 0 Å². The van der Waals surface area contributed by atoms with Crippen LogP contribution >= 0.6 is 11.8 Å². The summed E-state index contributed by atoms with van der Waals surface area (Å²) in [5.74, 6) is -1.41. The minimum Gasteiger partial charge on any atom is -0.481 e. The Hall–Kier alpha value is -1.56. The van der Waals surface area contributed by atoms with Crippen molar-refractivity contribution in [2.75, 3.05) is 5.75 Å². The first-order chi connectivity index (χ1) is 8.50. The molecule has 1 amide bonds. The lowest BCUT2D eigenvalue weighted by Crippen LogP contribution is -2.40. The van der Waals surface area contributed by atoms with Crippen molar-refractivity contribution >= 4 is 23.6 Å². The number of nitrogens with one attached hydrogen (secondary N) is 1. The molecule has 0 aliphatic heterocycles. The summed E-state index contributed by atoms with van der Waals surface area (Å²) in [6.45, 7) is 3.26. The van der Waals surface area contributed by atoms with Crippen molar-refractivity contribution < 1.29 is 14.7 Å². The van der Waals surface area contributed by atoms with Crippen molar-refractivity contribution in [3.8, 4) is 0 Å². The molecule has 5 nitrogen and oxygen atoms in total. The lowest BCUT2D eigenvalue weighted by Gasteiger charge is -2.17. The van der Waals surface area contributed by atoms with Gasteiger partial charge in [0.05, 0.1) is 11.7 Å². The number of rotatable bonds is 6. The maximum Gasteiger partial charge on any atom is 0.308 e. The van der Waals surface area contributed by atoms with Gasteiger partial charge in [0.2, 0.25) is 5.91 Å². The van der Waals surface area contributed by atoms with Gasteiger partial charge in [-0.2, -0.15) is 0 Å². The number of carbonyl (C=O) groups is 2. The van der Waals surface area contributed by atoms with Crippen LogP contribution in [0, 0.1) is 5.92 Å². The molecule has 18 heavy (non-hydrogen) atoms. The fourth-order valence-electron chi connectivity index (χ4n) is 1.22. The monoisotopic (exact) mass is 268 g/mol. The SMILES string of the molecule is CC(NC(=O)CSc1ccncc1)C(C)C(=O)O. The lowest BCUT2D eigenvalue weighted by atomic mass is 10.0. The lowest BCUT2D eigenvalue weighted by molar-refractivity contribution is -0.142. The van der Waals surface area contributed by atoms with Crippen LogP contribution in [-0.2, 0) is 9.59 Å². The molecule has 1 aromatic heterocycles. The molecule has 98 valence electrons. The number of carboxylic acids is 1. The molecule has 6 heteroatoms. The molecule has 0 fully saturated rings. The number of aromatic nitrogens is 1. The number of nitrogens with zero attached hydrogens (tertiary/aromatic N) is 1. The first-order valence-electron chi connectivity index (χ1n) is 5.55. The second-order valence-corrected chi connectivity index (χ2v) is 5.00. The van der Waals surface area contributed by atoms with Gasteiger partial charge in [-0.3, -0.25) is 14.6 Å². The van der Waals surface area contributed by atoms with Gasteiger partial charge >= 0.3 is 5.97 Å². The highest BCUT2D eigenvalue weighted by atomic mass is 32.2. The van der Waals surface area contributed by atoms with Crippen molar-refractivity contribution in [2.45, 2.75) is 24.8 Å². The van der Waals surface area contributed by atoms with Crippen LogP contribution in [0.15, 0.2) is 29.4 Å². The van der Waals surface area contributed by atoms with E-state index in [0.717, 1.165) is 4.90 Å². The van der Waals surface area contributed by atoms with Gasteiger partial charge in [0.15, 0.2) is 0 Å². The van der Waals surface area contributed by atoms with Gasteiger partial charge in [0.25, 0.3) is 0 Å². The molecule has 1 rings (SSSR count). The molecule has 0 aliphatic rings. The molecule has 0 bridgehead atoms. The molecule has 2 N–H and O–H groups in total. The van der Waals surface area contributed by atoms with Crippen LogP contribution in [0.5, 0.6) is 0 Å². The van der Waals surface area contributed by atoms with Crippen LogP contribution in [0.4, 0.5) is 0 Å². The topological polar surface area (TPSA) is 79.3 Å². The average Bonchev–Trinajstić information content (AvgIpc) is 2.36. The van der Waals surface area contributed by atoms with E-state index in [2.05, 4.69) is 10.3 Å². The van der Waals surface area contributed by atoms with E-state index in [1.807, 2.05) is 12.1 Å². The van der Waals surface area contributed by atoms with Crippen molar-refractivity contribution in [3.05, 3.63) is 24.5 Å². The predicted molar refractivity (Wildman–Crippen MR) is 69.4 cm³/mol. The van der Waals surface area contributed by atoms with Crippen LogP contribution in [0.1, 0.15) is 13.8 Å². The van der Waals surface area contributed by atoms with E-state index in [9.17, 15) is 9.59 Å². The van der Waals surface area contributed by atoms with Crippen LogP contribution in [0.3, 0.4) is 0 Å². The predicted octanol–water partition coefficient (Wildman–Crippen LogP) is 1.40. The summed E-state index contributed by atoms with van der Waals surface area (Å²) in [6, 6.07) is 3.26. The third kappa shape index (κ3) is 4.75. The summed E-state index contributed by atoms with van der Waals surface area (Å²) in [5.41, 5.74) is 0. The zero-order chi connectivity index (χ0) is 13.5. The molecule has 0 radical (unpaired) electrons. The summed E-state index contributed by atoms with van der Waals surface area (Å²) in [5, 5.41) is 11.5. The summed E-state index contributed by atoms with van der Waals surface area (Å²) in [7, 11) is 0. The fraction of sp³-hybridized carbons (Fsp3) is 0.417. The number of hydrogen-bond donors (Lipinski definition) is 2. The van der Waals surface area contributed by atoms with E-state index in [4.69, 9.17) is 5.11 Å². The first-order valence-corrected chi connectivity index (χ1v) is 6.54. The number of thioether (sulfide) groups is 1. The van der Waals surface area contributed by atoms with E-state index in [1.165, 1.54) is 11.8 Å². The molecule has 1 heterocycles. The smallest absolute Gasteiger partial charge is 0.308 e. The largest absolute Gasteiger partial charge is 0.481 e. The van der Waals surface area contributed by atoms with Crippen molar-refractivity contribution in [1.82, 2.24) is 10.3 Å². The number of carboxylic acid groups (broad SMARTS) is 1. The molecular formula is C12H16N2O3S. The van der Waals surface area contributed by atoms with E-state index in [0.29, 0.717) is 0 Å². The van der Waals surface area contributed by atoms with Gasteiger partial charge < -0.3 is 10.4 Å². The Morgan fingerprint density at radius 3 is 2.56 bits per heavy atom. The molecule has 2 atom stereocenters. The first kappa shape index (κ1) is 14.5. The van der Waals surface area contributed by atoms with E-state index in [-0.39, 0.29) is 17.7 Å². The van der Waals surface area contributed by atoms with Crippen LogP contribution < -0.4 is 5.32 Å². The number of amides is 1. The highest BCUT2D eigenvalue weighted by molar-refractivity contribution is 8.00. The van der Waals surface area contributed by atoms with Gasteiger partial charge in [-0.1, -0.05) is 0 Å². The number of carbonyl (C=O) groups excluding carboxylic acids is 1. The summed E-state index contributed by atoms with van der Waals surface area (Å²) >= 11 is 1.39. The van der Waals surface area contributed by atoms with Crippen molar-refractivity contribution in [1.29, 1.82) is 0 Å².